The Morgan fingerprint density at radius 2 is 1.67 bits per heavy atom. The van der Waals surface area contributed by atoms with E-state index in [1.807, 2.05) is 0 Å². The molecule has 0 radical (unpaired) electrons. The Hall–Kier alpha value is -3.59. The number of ether oxygens (including phenoxy) is 2. The first-order chi connectivity index (χ1) is 17.4. The number of benzene rings is 3. The van der Waals surface area contributed by atoms with Crippen LogP contribution in [0.1, 0.15) is 20.7 Å². The molecule has 0 aromatic heterocycles. The summed E-state index contributed by atoms with van der Waals surface area (Å²) in [7, 11) is 2.13. The van der Waals surface area contributed by atoms with Gasteiger partial charge in [-0.3, -0.25) is 9.69 Å². The number of piperazine rings is 1. The number of carbonyl (C=O) groups excluding carboxylic acids is 1. The number of carbonyl (C=O) groups is 2. The molecule has 36 heavy (non-hydrogen) atoms. The van der Waals surface area contributed by atoms with Gasteiger partial charge in [-0.15, -0.1) is 0 Å². The highest BCUT2D eigenvalue weighted by Gasteiger charge is 2.15. The lowest BCUT2D eigenvalue weighted by atomic mass is 10.1. The molecule has 1 saturated heterocycles. The first-order valence-electron chi connectivity index (χ1n) is 11.6. The lowest BCUT2D eigenvalue weighted by Gasteiger charge is -2.32. The van der Waals surface area contributed by atoms with Crippen LogP contribution in [-0.4, -0.2) is 73.2 Å². The first-order valence-corrected chi connectivity index (χ1v) is 12.0. The zero-order valence-corrected chi connectivity index (χ0v) is 20.7. The fraction of sp³-hybridized carbons (Fsp3) is 0.259. The molecule has 1 aliphatic heterocycles. The molecule has 2 N–H and O–H groups in total. The highest BCUT2D eigenvalue weighted by molar-refractivity contribution is 6.32. The molecule has 4 rings (SSSR count). The molecule has 9 heteroatoms. The molecule has 3 aromatic rings. The summed E-state index contributed by atoms with van der Waals surface area (Å²) in [4.78, 5) is 28.6. The molecular weight excluding hydrogens is 482 g/mol. The third-order valence-corrected chi connectivity index (χ3v) is 6.22. The smallest absolute Gasteiger partial charge is 0.337 e. The van der Waals surface area contributed by atoms with Crippen LogP contribution in [0.5, 0.6) is 17.2 Å². The van der Waals surface area contributed by atoms with Gasteiger partial charge in [0.15, 0.2) is 0 Å². The summed E-state index contributed by atoms with van der Waals surface area (Å²) in [6.45, 7) is 5.62. The summed E-state index contributed by atoms with van der Waals surface area (Å²) >= 11 is 6.40. The predicted molar refractivity (Wildman–Crippen MR) is 139 cm³/mol. The van der Waals surface area contributed by atoms with Crippen molar-refractivity contribution in [1.29, 1.82) is 0 Å². The van der Waals surface area contributed by atoms with Crippen LogP contribution < -0.4 is 14.8 Å². The van der Waals surface area contributed by atoms with E-state index in [1.54, 1.807) is 60.7 Å². The van der Waals surface area contributed by atoms with E-state index in [9.17, 15) is 14.7 Å². The van der Waals surface area contributed by atoms with E-state index in [1.165, 1.54) is 6.07 Å². The fourth-order valence-electron chi connectivity index (χ4n) is 3.80. The molecule has 1 aliphatic rings. The highest BCUT2D eigenvalue weighted by Crippen LogP contribution is 2.31. The number of carboxylic acid groups (broad SMARTS) is 1. The van der Waals surface area contributed by atoms with E-state index in [2.05, 4.69) is 22.2 Å². The van der Waals surface area contributed by atoms with Crippen molar-refractivity contribution in [2.24, 2.45) is 0 Å². The van der Waals surface area contributed by atoms with Gasteiger partial charge in [-0.1, -0.05) is 23.7 Å². The van der Waals surface area contributed by atoms with Gasteiger partial charge in [0.05, 0.1) is 16.3 Å². The van der Waals surface area contributed by atoms with Crippen LogP contribution in [0, 0.1) is 0 Å². The number of rotatable bonds is 9. The minimum absolute atomic E-state index is 0.0226. The maximum Gasteiger partial charge on any atom is 0.337 e. The first kappa shape index (κ1) is 25.5. The molecule has 0 saturated carbocycles. The Balaban J connectivity index is 1.30. The van der Waals surface area contributed by atoms with Gasteiger partial charge in [-0.2, -0.15) is 0 Å². The van der Waals surface area contributed by atoms with Crippen molar-refractivity contribution in [3.8, 4) is 17.2 Å². The van der Waals surface area contributed by atoms with Gasteiger partial charge in [-0.25, -0.2) is 4.79 Å². The molecule has 3 aromatic carbocycles. The molecule has 8 nitrogen and oxygen atoms in total. The van der Waals surface area contributed by atoms with Crippen LogP contribution in [0.25, 0.3) is 0 Å². The number of hydrogen-bond donors (Lipinski definition) is 2. The second-order valence-corrected chi connectivity index (χ2v) is 8.92. The van der Waals surface area contributed by atoms with E-state index in [-0.39, 0.29) is 11.3 Å². The lowest BCUT2D eigenvalue weighted by molar-refractivity contribution is 0.0698. The number of halogens is 1. The second-order valence-electron chi connectivity index (χ2n) is 8.52. The van der Waals surface area contributed by atoms with Gasteiger partial charge in [-0.05, 0) is 55.6 Å². The number of amides is 1. The van der Waals surface area contributed by atoms with Gasteiger partial charge in [0.1, 0.15) is 23.9 Å². The van der Waals surface area contributed by atoms with Gasteiger partial charge in [0.2, 0.25) is 0 Å². The maximum absolute atomic E-state index is 12.6. The van der Waals surface area contributed by atoms with Gasteiger partial charge >= 0.3 is 5.97 Å². The van der Waals surface area contributed by atoms with E-state index >= 15 is 0 Å². The van der Waals surface area contributed by atoms with E-state index in [0.29, 0.717) is 34.4 Å². The quantitative estimate of drug-likeness (QED) is 0.431. The van der Waals surface area contributed by atoms with Crippen LogP contribution in [0.2, 0.25) is 5.02 Å². The summed E-state index contributed by atoms with van der Waals surface area (Å²) < 4.78 is 11.7. The molecular formula is C27H28ClN3O5. The van der Waals surface area contributed by atoms with E-state index in [4.69, 9.17) is 21.1 Å². The standard InChI is InChI=1S/C27H28ClN3O5/c1-30-12-14-31(15-13-30)16-17-35-25-11-10-21(18-23(25)28)36-20-8-6-19(7-9-20)26(32)29-24-5-3-2-4-22(24)27(33)34/h2-11,18H,12-17H2,1H3,(H,29,32)(H,33,34). The highest BCUT2D eigenvalue weighted by atomic mass is 35.5. The number of likely N-dealkylation sites (N-methyl/N-ethyl adjacent to an activating group) is 1. The average Bonchev–Trinajstić information content (AvgIpc) is 2.87. The van der Waals surface area contributed by atoms with Crippen molar-refractivity contribution in [2.45, 2.75) is 0 Å². The maximum atomic E-state index is 12.6. The molecule has 188 valence electrons. The number of nitrogens with one attached hydrogen (secondary N) is 1. The summed E-state index contributed by atoms with van der Waals surface area (Å²) in [6, 6.07) is 18.0. The number of aromatic carboxylic acids is 1. The summed E-state index contributed by atoms with van der Waals surface area (Å²) in [5.74, 6) is 0.138. The van der Waals surface area contributed by atoms with Crippen molar-refractivity contribution in [3.63, 3.8) is 0 Å². The normalized spacial score (nSPS) is 14.3. The number of carboxylic acids is 1. The number of anilines is 1. The van der Waals surface area contributed by atoms with Crippen LogP contribution >= 0.6 is 11.6 Å². The van der Waals surface area contributed by atoms with Crippen molar-refractivity contribution in [3.05, 3.63) is 82.9 Å². The van der Waals surface area contributed by atoms with Crippen LogP contribution in [0.4, 0.5) is 5.69 Å². The van der Waals surface area contributed by atoms with Crippen LogP contribution in [0.15, 0.2) is 66.7 Å². The van der Waals surface area contributed by atoms with Crippen LogP contribution in [0.3, 0.4) is 0 Å². The number of nitrogens with zero attached hydrogens (tertiary/aromatic N) is 2. The van der Waals surface area contributed by atoms with Crippen LogP contribution in [-0.2, 0) is 0 Å². The summed E-state index contributed by atoms with van der Waals surface area (Å²) in [5.41, 5.74) is 0.620. The predicted octanol–water partition coefficient (Wildman–Crippen LogP) is 4.71. The van der Waals surface area contributed by atoms with Gasteiger partial charge < -0.3 is 24.8 Å². The SMILES string of the molecule is CN1CCN(CCOc2ccc(Oc3ccc(C(=O)Nc4ccccc4C(=O)O)cc3)cc2Cl)CC1. The molecule has 0 unspecified atom stereocenters. The van der Waals surface area contributed by atoms with Crippen molar-refractivity contribution in [2.75, 3.05) is 51.7 Å². The molecule has 0 spiro atoms. The van der Waals surface area contributed by atoms with Gasteiger partial charge in [0.25, 0.3) is 5.91 Å². The van der Waals surface area contributed by atoms with Gasteiger partial charge in [0, 0.05) is 44.4 Å². The summed E-state index contributed by atoms with van der Waals surface area (Å²) in [6.07, 6.45) is 0. The van der Waals surface area contributed by atoms with Crippen molar-refractivity contribution >= 4 is 29.2 Å². The Bertz CT molecular complexity index is 1210. The minimum atomic E-state index is -1.11. The summed E-state index contributed by atoms with van der Waals surface area (Å²) in [5, 5.41) is 12.4. The zero-order valence-electron chi connectivity index (χ0n) is 19.9. The molecule has 1 amide bonds. The minimum Gasteiger partial charge on any atom is -0.491 e. The molecule has 0 aliphatic carbocycles. The Kier molecular flexibility index (Phi) is 8.43. The molecule has 0 bridgehead atoms. The molecule has 0 atom stereocenters. The van der Waals surface area contributed by atoms with Crippen molar-refractivity contribution < 1.29 is 24.2 Å². The van der Waals surface area contributed by atoms with E-state index in [0.717, 1.165) is 32.7 Å². The lowest BCUT2D eigenvalue weighted by Crippen LogP contribution is -2.45. The third-order valence-electron chi connectivity index (χ3n) is 5.92. The average molecular weight is 510 g/mol. The van der Waals surface area contributed by atoms with E-state index < -0.39 is 11.9 Å². The largest absolute Gasteiger partial charge is 0.491 e. The zero-order chi connectivity index (χ0) is 25.5. The Morgan fingerprint density at radius 3 is 2.36 bits per heavy atom. The molecule has 1 fully saturated rings. The van der Waals surface area contributed by atoms with Crippen molar-refractivity contribution in [1.82, 2.24) is 9.80 Å². The Labute approximate surface area is 215 Å². The number of hydrogen-bond acceptors (Lipinski definition) is 6. The Morgan fingerprint density at radius 1 is 0.972 bits per heavy atom. The third kappa shape index (κ3) is 6.75. The topological polar surface area (TPSA) is 91.3 Å². The number of para-hydroxylation sites is 1. The monoisotopic (exact) mass is 509 g/mol. The fourth-order valence-corrected chi connectivity index (χ4v) is 4.03. The second kappa shape index (κ2) is 11.9. The molecule has 1 heterocycles.